The summed E-state index contributed by atoms with van der Waals surface area (Å²) in [5, 5.41) is 8.29. The number of nitrogens with one attached hydrogen (secondary N) is 1. The summed E-state index contributed by atoms with van der Waals surface area (Å²) in [7, 11) is 0. The fourth-order valence-electron chi connectivity index (χ4n) is 1.39. The fourth-order valence-corrected chi connectivity index (χ4v) is 2.15. The number of hydrogen-bond acceptors (Lipinski definition) is 5. The van der Waals surface area contributed by atoms with Crippen LogP contribution in [-0.2, 0) is 0 Å². The van der Waals surface area contributed by atoms with Crippen LogP contribution in [0.25, 0.3) is 5.82 Å². The Hall–Kier alpha value is -0.830. The summed E-state index contributed by atoms with van der Waals surface area (Å²) in [6, 6.07) is 1.92. The van der Waals surface area contributed by atoms with Crippen LogP contribution in [0, 0.1) is 3.57 Å². The van der Waals surface area contributed by atoms with Gasteiger partial charge in [0.25, 0.3) is 0 Å². The molecule has 18 heavy (non-hydrogen) atoms. The van der Waals surface area contributed by atoms with Crippen molar-refractivity contribution in [3.05, 3.63) is 22.0 Å². The van der Waals surface area contributed by atoms with E-state index in [9.17, 15) is 0 Å². The normalized spacial score (nSPS) is 10.6. The van der Waals surface area contributed by atoms with Crippen LogP contribution in [0.4, 0.5) is 5.82 Å². The first-order valence-corrected chi connectivity index (χ1v) is 7.90. The lowest BCUT2D eigenvalue weighted by Gasteiger charge is -2.08. The first-order valence-electron chi connectivity index (χ1n) is 5.60. The molecule has 96 valence electrons. The molecule has 2 aromatic rings. The molecular formula is C11H14IN5S. The van der Waals surface area contributed by atoms with E-state index in [4.69, 9.17) is 0 Å². The highest BCUT2D eigenvalue weighted by Crippen LogP contribution is 2.17. The number of aromatic nitrogens is 4. The smallest absolute Gasteiger partial charge is 0.191 e. The topological polar surface area (TPSA) is 55.6 Å². The zero-order valence-electron chi connectivity index (χ0n) is 10.2. The summed E-state index contributed by atoms with van der Waals surface area (Å²) in [5.74, 6) is 1.63. The maximum atomic E-state index is 4.45. The molecule has 0 spiro atoms. The first kappa shape index (κ1) is 13.6. The van der Waals surface area contributed by atoms with Crippen LogP contribution >= 0.6 is 34.4 Å². The Balaban J connectivity index is 2.34. The van der Waals surface area contributed by atoms with Crippen molar-refractivity contribution >= 4 is 40.2 Å². The van der Waals surface area contributed by atoms with E-state index in [0.29, 0.717) is 0 Å². The van der Waals surface area contributed by atoms with Crippen LogP contribution < -0.4 is 5.32 Å². The lowest BCUT2D eigenvalue weighted by Crippen LogP contribution is -2.06. The molecule has 0 amide bonds. The summed E-state index contributed by atoms with van der Waals surface area (Å²) in [6.07, 6.45) is 6.78. The molecule has 0 saturated carbocycles. The van der Waals surface area contributed by atoms with Gasteiger partial charge in [-0.25, -0.2) is 14.6 Å². The van der Waals surface area contributed by atoms with Gasteiger partial charge in [-0.2, -0.15) is 5.10 Å². The molecule has 0 aliphatic rings. The second-order valence-corrected chi connectivity index (χ2v) is 5.65. The van der Waals surface area contributed by atoms with E-state index >= 15 is 0 Å². The third kappa shape index (κ3) is 3.35. The molecule has 5 nitrogen and oxygen atoms in total. The van der Waals surface area contributed by atoms with E-state index < -0.39 is 0 Å². The van der Waals surface area contributed by atoms with Crippen LogP contribution in [0.15, 0.2) is 23.6 Å². The SMILES string of the molecule is CCCNc1cc(-n2cc(I)cn2)nc(SC)n1. The van der Waals surface area contributed by atoms with E-state index in [1.807, 2.05) is 18.5 Å². The highest BCUT2D eigenvalue weighted by atomic mass is 127. The number of nitrogens with zero attached hydrogens (tertiary/aromatic N) is 4. The van der Waals surface area contributed by atoms with Crippen LogP contribution in [0.1, 0.15) is 13.3 Å². The highest BCUT2D eigenvalue weighted by molar-refractivity contribution is 14.1. The summed E-state index contributed by atoms with van der Waals surface area (Å²) in [5.41, 5.74) is 0. The van der Waals surface area contributed by atoms with Crippen molar-refractivity contribution in [2.75, 3.05) is 18.1 Å². The van der Waals surface area contributed by atoms with Crippen molar-refractivity contribution in [2.45, 2.75) is 18.5 Å². The molecule has 2 aromatic heterocycles. The van der Waals surface area contributed by atoms with E-state index in [0.717, 1.165) is 33.3 Å². The average Bonchev–Trinajstić information content (AvgIpc) is 2.82. The standard InChI is InChI=1S/C11H14IN5S/c1-3-4-13-9-5-10(16-11(15-9)18-2)17-7-8(12)6-14-17/h5-7H,3-4H2,1-2H3,(H,13,15,16). The number of thioether (sulfide) groups is 1. The van der Waals surface area contributed by atoms with E-state index in [1.165, 1.54) is 11.8 Å². The minimum Gasteiger partial charge on any atom is -0.370 e. The van der Waals surface area contributed by atoms with Gasteiger partial charge >= 0.3 is 0 Å². The minimum absolute atomic E-state index is 0.747. The quantitative estimate of drug-likeness (QED) is 0.495. The van der Waals surface area contributed by atoms with Crippen molar-refractivity contribution in [3.63, 3.8) is 0 Å². The van der Waals surface area contributed by atoms with Gasteiger partial charge in [0.2, 0.25) is 0 Å². The highest BCUT2D eigenvalue weighted by Gasteiger charge is 2.06. The molecule has 2 heterocycles. The second-order valence-electron chi connectivity index (χ2n) is 3.63. The maximum absolute atomic E-state index is 4.45. The molecule has 0 atom stereocenters. The number of halogens is 1. The first-order chi connectivity index (χ1) is 8.72. The second kappa shape index (κ2) is 6.37. The van der Waals surface area contributed by atoms with Gasteiger partial charge in [0.1, 0.15) is 5.82 Å². The Kier molecular flexibility index (Phi) is 4.81. The third-order valence-electron chi connectivity index (χ3n) is 2.22. The molecule has 0 aliphatic carbocycles. The largest absolute Gasteiger partial charge is 0.370 e. The number of anilines is 1. The molecule has 0 aliphatic heterocycles. The Bertz CT molecular complexity index is 528. The summed E-state index contributed by atoms with van der Waals surface area (Å²) < 4.78 is 2.85. The Morgan fingerprint density at radius 1 is 1.44 bits per heavy atom. The number of hydrogen-bond donors (Lipinski definition) is 1. The van der Waals surface area contributed by atoms with Crippen LogP contribution in [-0.4, -0.2) is 32.5 Å². The third-order valence-corrected chi connectivity index (χ3v) is 3.32. The molecule has 1 N–H and O–H groups in total. The predicted octanol–water partition coefficient (Wildman–Crippen LogP) is 2.81. The van der Waals surface area contributed by atoms with Gasteiger partial charge in [0, 0.05) is 18.8 Å². The molecule has 0 bridgehead atoms. The summed E-state index contributed by atoms with van der Waals surface area (Å²) in [6.45, 7) is 3.03. The van der Waals surface area contributed by atoms with Crippen molar-refractivity contribution < 1.29 is 0 Å². The monoisotopic (exact) mass is 375 g/mol. The maximum Gasteiger partial charge on any atom is 0.191 e. The average molecular weight is 375 g/mol. The molecule has 0 saturated heterocycles. The van der Waals surface area contributed by atoms with E-state index in [-0.39, 0.29) is 0 Å². The van der Waals surface area contributed by atoms with Crippen molar-refractivity contribution in [2.24, 2.45) is 0 Å². The Labute approximate surface area is 124 Å². The lowest BCUT2D eigenvalue weighted by atomic mass is 10.4. The van der Waals surface area contributed by atoms with Crippen LogP contribution in [0.5, 0.6) is 0 Å². The molecular weight excluding hydrogens is 361 g/mol. The molecule has 0 fully saturated rings. The Morgan fingerprint density at radius 2 is 2.28 bits per heavy atom. The van der Waals surface area contributed by atoms with Gasteiger partial charge in [-0.15, -0.1) is 0 Å². The van der Waals surface area contributed by atoms with Gasteiger partial charge in [0.15, 0.2) is 11.0 Å². The predicted molar refractivity (Wildman–Crippen MR) is 82.4 cm³/mol. The molecule has 2 rings (SSSR count). The van der Waals surface area contributed by atoms with Gasteiger partial charge in [0.05, 0.1) is 9.77 Å². The van der Waals surface area contributed by atoms with Gasteiger partial charge in [-0.05, 0) is 35.3 Å². The molecule has 0 aromatic carbocycles. The molecule has 0 unspecified atom stereocenters. The van der Waals surface area contributed by atoms with Gasteiger partial charge in [-0.1, -0.05) is 18.7 Å². The van der Waals surface area contributed by atoms with Crippen molar-refractivity contribution in [3.8, 4) is 5.82 Å². The van der Waals surface area contributed by atoms with Crippen LogP contribution in [0.2, 0.25) is 0 Å². The van der Waals surface area contributed by atoms with Gasteiger partial charge in [-0.3, -0.25) is 0 Å². The fraction of sp³-hybridized carbons (Fsp3) is 0.364. The van der Waals surface area contributed by atoms with Crippen molar-refractivity contribution in [1.82, 2.24) is 19.7 Å². The van der Waals surface area contributed by atoms with E-state index in [1.54, 1.807) is 10.9 Å². The van der Waals surface area contributed by atoms with E-state index in [2.05, 4.69) is 49.9 Å². The Morgan fingerprint density at radius 3 is 2.89 bits per heavy atom. The van der Waals surface area contributed by atoms with Crippen molar-refractivity contribution in [1.29, 1.82) is 0 Å². The summed E-state index contributed by atoms with van der Waals surface area (Å²) in [4.78, 5) is 8.87. The molecule has 7 heteroatoms. The zero-order chi connectivity index (χ0) is 13.0. The van der Waals surface area contributed by atoms with Crippen LogP contribution in [0.3, 0.4) is 0 Å². The minimum atomic E-state index is 0.747. The zero-order valence-corrected chi connectivity index (χ0v) is 13.2. The number of rotatable bonds is 5. The molecule has 0 radical (unpaired) electrons. The summed E-state index contributed by atoms with van der Waals surface area (Å²) >= 11 is 3.76. The lowest BCUT2D eigenvalue weighted by molar-refractivity contribution is 0.806. The van der Waals surface area contributed by atoms with Gasteiger partial charge < -0.3 is 5.32 Å².